The topological polar surface area (TPSA) is 75.9 Å². The van der Waals surface area contributed by atoms with E-state index in [1.54, 1.807) is 19.3 Å². The van der Waals surface area contributed by atoms with Crippen LogP contribution >= 0.6 is 0 Å². The molecule has 2 aromatic heterocycles. The summed E-state index contributed by atoms with van der Waals surface area (Å²) in [7, 11) is 1.77. The fourth-order valence-corrected chi connectivity index (χ4v) is 3.39. The molecule has 7 heteroatoms. The SMILES string of the molecule is CNc1ncccc1C(=O)N1Cc2nnc(C)n2[C@@H](CC(C)C)C1. The number of carbonyl (C=O) groups excluding carboxylic acids is 1. The van der Waals surface area contributed by atoms with Crippen molar-refractivity contribution in [2.24, 2.45) is 5.92 Å². The molecule has 3 heterocycles. The minimum atomic E-state index is -0.0203. The fraction of sp³-hybridized carbons (Fsp3) is 0.529. The monoisotopic (exact) mass is 328 g/mol. The van der Waals surface area contributed by atoms with Crippen molar-refractivity contribution in [3.8, 4) is 0 Å². The number of nitrogens with zero attached hydrogens (tertiary/aromatic N) is 5. The summed E-state index contributed by atoms with van der Waals surface area (Å²) in [5.74, 6) is 2.89. The predicted molar refractivity (Wildman–Crippen MR) is 91.8 cm³/mol. The van der Waals surface area contributed by atoms with E-state index in [2.05, 4.69) is 38.9 Å². The number of nitrogens with one attached hydrogen (secondary N) is 1. The molecular weight excluding hydrogens is 304 g/mol. The standard InChI is InChI=1S/C17H24N6O/c1-11(2)8-13-9-22(10-15-21-20-12(3)23(13)15)17(24)14-6-5-7-19-16(14)18-4/h5-7,11,13H,8-10H2,1-4H3,(H,18,19)/t13-/m0/s1. The van der Waals surface area contributed by atoms with Crippen LogP contribution in [0.15, 0.2) is 18.3 Å². The number of pyridine rings is 1. The van der Waals surface area contributed by atoms with Gasteiger partial charge in [0, 0.05) is 19.8 Å². The van der Waals surface area contributed by atoms with E-state index < -0.39 is 0 Å². The molecule has 1 amide bonds. The van der Waals surface area contributed by atoms with Crippen LogP contribution in [0.4, 0.5) is 5.82 Å². The van der Waals surface area contributed by atoms with Gasteiger partial charge in [-0.05, 0) is 31.4 Å². The zero-order valence-electron chi connectivity index (χ0n) is 14.7. The van der Waals surface area contributed by atoms with Gasteiger partial charge in [0.05, 0.1) is 18.2 Å². The molecule has 24 heavy (non-hydrogen) atoms. The Labute approximate surface area is 142 Å². The number of anilines is 1. The Balaban J connectivity index is 1.91. The van der Waals surface area contributed by atoms with E-state index in [-0.39, 0.29) is 11.9 Å². The molecule has 0 aromatic carbocycles. The normalized spacial score (nSPS) is 17.0. The largest absolute Gasteiger partial charge is 0.372 e. The van der Waals surface area contributed by atoms with Gasteiger partial charge in [0.25, 0.3) is 5.91 Å². The maximum Gasteiger partial charge on any atom is 0.258 e. The first kappa shape index (κ1) is 16.4. The van der Waals surface area contributed by atoms with Gasteiger partial charge in [-0.2, -0.15) is 0 Å². The van der Waals surface area contributed by atoms with Gasteiger partial charge in [-0.1, -0.05) is 13.8 Å². The van der Waals surface area contributed by atoms with Gasteiger partial charge in [0.2, 0.25) is 0 Å². The fourth-order valence-electron chi connectivity index (χ4n) is 3.39. The van der Waals surface area contributed by atoms with Crippen LogP contribution < -0.4 is 5.32 Å². The number of rotatable bonds is 4. The minimum absolute atomic E-state index is 0.0203. The number of hydrogen-bond acceptors (Lipinski definition) is 5. The molecule has 0 saturated heterocycles. The van der Waals surface area contributed by atoms with E-state index in [0.29, 0.717) is 30.4 Å². The summed E-state index contributed by atoms with van der Waals surface area (Å²) in [6, 6.07) is 3.81. The van der Waals surface area contributed by atoms with Gasteiger partial charge < -0.3 is 14.8 Å². The second-order valence-electron chi connectivity index (χ2n) is 6.65. The van der Waals surface area contributed by atoms with Crippen molar-refractivity contribution in [3.63, 3.8) is 0 Å². The van der Waals surface area contributed by atoms with Crippen LogP contribution in [0.3, 0.4) is 0 Å². The van der Waals surface area contributed by atoms with Gasteiger partial charge in [-0.15, -0.1) is 10.2 Å². The predicted octanol–water partition coefficient (Wildman–Crippen LogP) is 2.27. The van der Waals surface area contributed by atoms with Crippen molar-refractivity contribution in [2.75, 3.05) is 18.9 Å². The molecule has 0 bridgehead atoms. The number of aryl methyl sites for hydroxylation is 1. The van der Waals surface area contributed by atoms with Crippen LogP contribution in [0.25, 0.3) is 0 Å². The third-order valence-corrected chi connectivity index (χ3v) is 4.37. The lowest BCUT2D eigenvalue weighted by molar-refractivity contribution is 0.0661. The summed E-state index contributed by atoms with van der Waals surface area (Å²) in [5, 5.41) is 11.5. The van der Waals surface area contributed by atoms with Crippen molar-refractivity contribution in [1.29, 1.82) is 0 Å². The minimum Gasteiger partial charge on any atom is -0.372 e. The summed E-state index contributed by atoms with van der Waals surface area (Å²) in [4.78, 5) is 19.1. The number of fused-ring (bicyclic) bond motifs is 1. The molecule has 0 saturated carbocycles. The smallest absolute Gasteiger partial charge is 0.258 e. The average Bonchev–Trinajstić information content (AvgIpc) is 2.95. The Hall–Kier alpha value is -2.44. The van der Waals surface area contributed by atoms with Gasteiger partial charge in [-0.25, -0.2) is 4.98 Å². The van der Waals surface area contributed by atoms with Crippen molar-refractivity contribution >= 4 is 11.7 Å². The van der Waals surface area contributed by atoms with Crippen molar-refractivity contribution in [1.82, 2.24) is 24.6 Å². The Bertz CT molecular complexity index is 738. The zero-order chi connectivity index (χ0) is 17.3. The quantitative estimate of drug-likeness (QED) is 0.932. The summed E-state index contributed by atoms with van der Waals surface area (Å²) >= 11 is 0. The first-order chi connectivity index (χ1) is 11.5. The molecule has 0 spiro atoms. The van der Waals surface area contributed by atoms with Crippen molar-refractivity contribution in [3.05, 3.63) is 35.5 Å². The molecule has 1 atom stereocenters. The highest BCUT2D eigenvalue weighted by atomic mass is 16.2. The van der Waals surface area contributed by atoms with Gasteiger partial charge in [-0.3, -0.25) is 4.79 Å². The second kappa shape index (κ2) is 6.59. The highest BCUT2D eigenvalue weighted by Crippen LogP contribution is 2.28. The molecule has 1 aliphatic heterocycles. The molecule has 1 N–H and O–H groups in total. The van der Waals surface area contributed by atoms with Gasteiger partial charge >= 0.3 is 0 Å². The van der Waals surface area contributed by atoms with Crippen LogP contribution in [0.1, 0.15) is 48.3 Å². The number of amides is 1. The van der Waals surface area contributed by atoms with Crippen LogP contribution in [-0.4, -0.2) is 44.1 Å². The third-order valence-electron chi connectivity index (χ3n) is 4.37. The van der Waals surface area contributed by atoms with Gasteiger partial charge in [0.1, 0.15) is 11.6 Å². The molecular formula is C17H24N6O. The lowest BCUT2D eigenvalue weighted by Gasteiger charge is -2.35. The average molecular weight is 328 g/mol. The van der Waals surface area contributed by atoms with E-state index in [1.165, 1.54) is 0 Å². The van der Waals surface area contributed by atoms with Crippen molar-refractivity contribution in [2.45, 2.75) is 39.8 Å². The van der Waals surface area contributed by atoms with E-state index in [0.717, 1.165) is 18.1 Å². The Morgan fingerprint density at radius 2 is 2.21 bits per heavy atom. The second-order valence-corrected chi connectivity index (χ2v) is 6.65. The third kappa shape index (κ3) is 2.98. The first-order valence-electron chi connectivity index (χ1n) is 8.33. The number of carbonyl (C=O) groups is 1. The lowest BCUT2D eigenvalue weighted by Crippen LogP contribution is -2.42. The summed E-state index contributed by atoms with van der Waals surface area (Å²) in [5.41, 5.74) is 0.591. The molecule has 128 valence electrons. The highest BCUT2D eigenvalue weighted by molar-refractivity contribution is 5.98. The molecule has 2 aromatic rings. The molecule has 0 radical (unpaired) electrons. The van der Waals surface area contributed by atoms with E-state index >= 15 is 0 Å². The van der Waals surface area contributed by atoms with Crippen LogP contribution in [0.2, 0.25) is 0 Å². The molecule has 0 unspecified atom stereocenters. The number of aromatic nitrogens is 4. The van der Waals surface area contributed by atoms with Crippen LogP contribution in [-0.2, 0) is 6.54 Å². The van der Waals surface area contributed by atoms with Gasteiger partial charge in [0.15, 0.2) is 5.82 Å². The highest BCUT2D eigenvalue weighted by Gasteiger charge is 2.32. The molecule has 0 fully saturated rings. The maximum atomic E-state index is 13.0. The molecule has 0 aliphatic carbocycles. The zero-order valence-corrected chi connectivity index (χ0v) is 14.7. The molecule has 1 aliphatic rings. The van der Waals surface area contributed by atoms with E-state index in [1.807, 2.05) is 17.9 Å². The summed E-state index contributed by atoms with van der Waals surface area (Å²) < 4.78 is 2.19. The molecule has 7 nitrogen and oxygen atoms in total. The summed E-state index contributed by atoms with van der Waals surface area (Å²) in [6.45, 7) is 7.51. The Morgan fingerprint density at radius 3 is 2.92 bits per heavy atom. The van der Waals surface area contributed by atoms with E-state index in [9.17, 15) is 4.79 Å². The molecule has 3 rings (SSSR count). The van der Waals surface area contributed by atoms with Crippen LogP contribution in [0, 0.1) is 12.8 Å². The maximum absolute atomic E-state index is 13.0. The lowest BCUT2D eigenvalue weighted by atomic mass is 10.0. The Morgan fingerprint density at radius 1 is 1.42 bits per heavy atom. The number of hydrogen-bond donors (Lipinski definition) is 1. The van der Waals surface area contributed by atoms with E-state index in [4.69, 9.17) is 0 Å². The summed E-state index contributed by atoms with van der Waals surface area (Å²) in [6.07, 6.45) is 2.67. The Kier molecular flexibility index (Phi) is 4.51. The van der Waals surface area contributed by atoms with Crippen molar-refractivity contribution < 1.29 is 4.79 Å². The first-order valence-corrected chi connectivity index (χ1v) is 8.33. The van der Waals surface area contributed by atoms with Crippen LogP contribution in [0.5, 0.6) is 0 Å².